The predicted octanol–water partition coefficient (Wildman–Crippen LogP) is 6.32. The van der Waals surface area contributed by atoms with Gasteiger partial charge in [0.25, 0.3) is 10.0 Å². The molecule has 6 heterocycles. The van der Waals surface area contributed by atoms with Gasteiger partial charge >= 0.3 is 6.09 Å². The summed E-state index contributed by atoms with van der Waals surface area (Å²) < 4.78 is 42.2. The minimum Gasteiger partial charge on any atom is -0.444 e. The minimum absolute atomic E-state index is 0.0825. The molecule has 14 heteroatoms. The topological polar surface area (TPSA) is 138 Å². The molecule has 1 atom stereocenters. The first kappa shape index (κ1) is 35.6. The second-order valence-corrected chi connectivity index (χ2v) is 16.6. The van der Waals surface area contributed by atoms with Crippen molar-refractivity contribution in [2.75, 3.05) is 37.7 Å². The van der Waals surface area contributed by atoms with Crippen LogP contribution in [0, 0.1) is 20.8 Å². The van der Waals surface area contributed by atoms with Crippen LogP contribution in [-0.2, 0) is 19.5 Å². The van der Waals surface area contributed by atoms with Crippen molar-refractivity contribution in [3.05, 3.63) is 71.9 Å². The van der Waals surface area contributed by atoms with E-state index in [1.807, 2.05) is 40.7 Å². The number of amides is 1. The number of aromatic nitrogens is 6. The minimum atomic E-state index is -3.88. The number of likely N-dealkylation sites (tertiary alicyclic amines) is 1. The summed E-state index contributed by atoms with van der Waals surface area (Å²) in [4.78, 5) is 31.6. The number of hydrogen-bond acceptors (Lipinski definition) is 10. The Morgan fingerprint density at radius 3 is 2.40 bits per heavy atom. The van der Waals surface area contributed by atoms with Gasteiger partial charge < -0.3 is 19.3 Å². The van der Waals surface area contributed by atoms with Gasteiger partial charge in [0.15, 0.2) is 5.82 Å². The highest BCUT2D eigenvalue weighted by atomic mass is 32.2. The normalized spacial score (nSPS) is 17.6. The average molecular weight is 727 g/mol. The van der Waals surface area contributed by atoms with Gasteiger partial charge in [-0.15, -0.1) is 0 Å². The lowest BCUT2D eigenvalue weighted by molar-refractivity contribution is 0.0184. The Labute approximate surface area is 304 Å². The van der Waals surface area contributed by atoms with E-state index < -0.39 is 15.6 Å². The molecule has 0 saturated carbocycles. The molecule has 5 aromatic rings. The third kappa shape index (κ3) is 6.76. The van der Waals surface area contributed by atoms with Crippen molar-refractivity contribution in [1.82, 2.24) is 33.6 Å². The number of benzene rings is 1. The maximum Gasteiger partial charge on any atom is 0.410 e. The fourth-order valence-electron chi connectivity index (χ4n) is 7.15. The quantitative estimate of drug-likeness (QED) is 0.196. The number of nitrogens with zero attached hydrogens (tertiary/aromatic N) is 8. The van der Waals surface area contributed by atoms with Gasteiger partial charge in [-0.05, 0) is 79.5 Å². The third-order valence-corrected chi connectivity index (χ3v) is 11.5. The van der Waals surface area contributed by atoms with Crippen molar-refractivity contribution in [3.63, 3.8) is 0 Å². The molecule has 13 nitrogen and oxygen atoms in total. The third-order valence-electron chi connectivity index (χ3n) is 9.82. The van der Waals surface area contributed by atoms with Crippen LogP contribution in [0.2, 0.25) is 0 Å². The number of aryl methyl sites for hydroxylation is 2. The Bertz CT molecular complexity index is 2230. The number of morpholine rings is 1. The molecule has 4 aromatic heterocycles. The zero-order chi connectivity index (χ0) is 36.9. The van der Waals surface area contributed by atoms with Crippen LogP contribution < -0.4 is 4.90 Å². The summed E-state index contributed by atoms with van der Waals surface area (Å²) in [5, 5.41) is 5.69. The van der Waals surface area contributed by atoms with E-state index in [0.29, 0.717) is 55.1 Å². The summed E-state index contributed by atoms with van der Waals surface area (Å²) in [5.74, 6) is 1.18. The highest BCUT2D eigenvalue weighted by Crippen LogP contribution is 2.36. The maximum atomic E-state index is 13.8. The van der Waals surface area contributed by atoms with E-state index in [2.05, 4.69) is 28.4 Å². The molecule has 1 aromatic carbocycles. The molecular formula is C38H46N8O5S. The van der Waals surface area contributed by atoms with Crippen molar-refractivity contribution < 1.29 is 22.7 Å². The summed E-state index contributed by atoms with van der Waals surface area (Å²) in [5.41, 5.74) is 4.94. The molecule has 7 rings (SSSR count). The smallest absolute Gasteiger partial charge is 0.410 e. The molecular weight excluding hydrogens is 681 g/mol. The number of carbonyl (C=O) groups is 1. The first-order chi connectivity index (χ1) is 24.7. The SMILES string of the molecule is Cc1ccc(S(=O)(=O)n2ccc3c(-c4nc(-c5c(C)nn(C6CCN(C(=O)OC(C)(C)C)CC6)c5C)cc(N5CCOC[C@H]5C)n4)cncc32)cc1. The first-order valence-electron chi connectivity index (χ1n) is 17.8. The van der Waals surface area contributed by atoms with E-state index in [-0.39, 0.29) is 23.1 Å². The average Bonchev–Trinajstić information content (AvgIpc) is 3.68. The number of fused-ring (bicyclic) bond motifs is 1. The molecule has 0 aliphatic carbocycles. The van der Waals surface area contributed by atoms with Crippen molar-refractivity contribution >= 4 is 32.8 Å². The van der Waals surface area contributed by atoms with E-state index in [0.717, 1.165) is 46.9 Å². The largest absolute Gasteiger partial charge is 0.444 e. The fraction of sp³-hybridized carbons (Fsp3) is 0.447. The van der Waals surface area contributed by atoms with Crippen molar-refractivity contribution in [2.45, 2.75) is 83.9 Å². The molecule has 0 unspecified atom stereocenters. The van der Waals surface area contributed by atoms with Crippen LogP contribution in [0.4, 0.5) is 10.6 Å². The number of rotatable bonds is 6. The molecule has 2 fully saturated rings. The van der Waals surface area contributed by atoms with E-state index in [4.69, 9.17) is 24.5 Å². The van der Waals surface area contributed by atoms with E-state index in [1.165, 1.54) is 3.97 Å². The lowest BCUT2D eigenvalue weighted by Crippen LogP contribution is -2.44. The number of ether oxygens (including phenoxy) is 2. The van der Waals surface area contributed by atoms with Crippen LogP contribution >= 0.6 is 0 Å². The molecule has 0 radical (unpaired) electrons. The Hall–Kier alpha value is -4.82. The summed E-state index contributed by atoms with van der Waals surface area (Å²) in [6, 6.07) is 10.8. The molecule has 0 N–H and O–H groups in total. The molecule has 0 bridgehead atoms. The number of pyridine rings is 1. The summed E-state index contributed by atoms with van der Waals surface area (Å²) >= 11 is 0. The monoisotopic (exact) mass is 726 g/mol. The summed E-state index contributed by atoms with van der Waals surface area (Å²) in [6.45, 7) is 16.7. The van der Waals surface area contributed by atoms with Crippen LogP contribution in [0.3, 0.4) is 0 Å². The predicted molar refractivity (Wildman–Crippen MR) is 199 cm³/mol. The maximum absolute atomic E-state index is 13.8. The van der Waals surface area contributed by atoms with Crippen LogP contribution in [-0.4, -0.2) is 92.6 Å². The van der Waals surface area contributed by atoms with Gasteiger partial charge in [0.05, 0.1) is 53.3 Å². The van der Waals surface area contributed by atoms with Crippen LogP contribution in [0.1, 0.15) is 63.5 Å². The molecule has 274 valence electrons. The zero-order valence-electron chi connectivity index (χ0n) is 30.8. The molecule has 1 amide bonds. The Morgan fingerprint density at radius 2 is 1.71 bits per heavy atom. The molecule has 2 aliphatic heterocycles. The van der Waals surface area contributed by atoms with E-state index in [9.17, 15) is 13.2 Å². The second kappa shape index (κ2) is 13.6. The van der Waals surface area contributed by atoms with Crippen molar-refractivity contribution in [3.8, 4) is 22.6 Å². The number of carbonyl (C=O) groups excluding carboxylic acids is 1. The van der Waals surface area contributed by atoms with Crippen LogP contribution in [0.25, 0.3) is 33.5 Å². The van der Waals surface area contributed by atoms with Crippen LogP contribution in [0.15, 0.2) is 59.9 Å². The van der Waals surface area contributed by atoms with E-state index >= 15 is 0 Å². The van der Waals surface area contributed by atoms with Crippen molar-refractivity contribution in [2.24, 2.45) is 0 Å². The summed E-state index contributed by atoms with van der Waals surface area (Å²) in [7, 11) is -3.88. The highest BCUT2D eigenvalue weighted by Gasteiger charge is 2.31. The Balaban J connectivity index is 1.28. The van der Waals surface area contributed by atoms with Gasteiger partial charge in [0.2, 0.25) is 0 Å². The van der Waals surface area contributed by atoms with Crippen LogP contribution in [0.5, 0.6) is 0 Å². The fourth-order valence-corrected chi connectivity index (χ4v) is 8.48. The van der Waals surface area contributed by atoms with Gasteiger partial charge in [-0.2, -0.15) is 5.10 Å². The van der Waals surface area contributed by atoms with Gasteiger partial charge in [-0.3, -0.25) is 9.67 Å². The molecule has 52 heavy (non-hydrogen) atoms. The molecule has 2 saturated heterocycles. The standard InChI is InChI=1S/C38H46N8O5S/c1-24-8-10-29(11-9-24)52(48,49)45-17-14-30-31(21-39-22-33(30)45)36-40-32(20-34(41-36)44-18-19-50-23-25(44)2)35-26(3)42-46(27(35)4)28-12-15-43(16-13-28)37(47)51-38(5,6)7/h8-11,14,17,20-22,25,28H,12-13,15-16,18-19,23H2,1-7H3/t25-/m1/s1. The zero-order valence-corrected chi connectivity index (χ0v) is 31.6. The first-order valence-corrected chi connectivity index (χ1v) is 19.2. The molecule has 0 spiro atoms. The number of anilines is 1. The van der Waals surface area contributed by atoms with Gasteiger partial charge in [0, 0.05) is 60.3 Å². The lowest BCUT2D eigenvalue weighted by Gasteiger charge is -2.34. The number of piperidine rings is 1. The molecule has 2 aliphatic rings. The lowest BCUT2D eigenvalue weighted by atomic mass is 10.0. The second-order valence-electron chi connectivity index (χ2n) is 14.8. The van der Waals surface area contributed by atoms with Gasteiger partial charge in [-0.25, -0.2) is 27.2 Å². The van der Waals surface area contributed by atoms with Gasteiger partial charge in [-0.1, -0.05) is 17.7 Å². The van der Waals surface area contributed by atoms with Crippen molar-refractivity contribution in [1.29, 1.82) is 0 Å². The highest BCUT2D eigenvalue weighted by molar-refractivity contribution is 7.90. The summed E-state index contributed by atoms with van der Waals surface area (Å²) in [6.07, 6.45) is 6.03. The van der Waals surface area contributed by atoms with E-state index in [1.54, 1.807) is 53.8 Å². The van der Waals surface area contributed by atoms with Gasteiger partial charge in [0.1, 0.15) is 11.4 Å². The Kier molecular flexibility index (Phi) is 9.32. The Morgan fingerprint density at radius 1 is 0.981 bits per heavy atom. The number of hydrogen-bond donors (Lipinski definition) is 0.